The molecule has 0 unspecified atom stereocenters. The van der Waals surface area contributed by atoms with E-state index < -0.39 is 16.9 Å². The maximum absolute atomic E-state index is 12.2. The van der Waals surface area contributed by atoms with Gasteiger partial charge in [0.2, 0.25) is 0 Å². The van der Waals surface area contributed by atoms with Crippen molar-refractivity contribution in [3.63, 3.8) is 0 Å². The Morgan fingerprint density at radius 1 is 1.47 bits per heavy atom. The number of hydrogen-bond donors (Lipinski definition) is 1. The van der Waals surface area contributed by atoms with Gasteiger partial charge in [-0.05, 0) is 45.7 Å². The lowest BCUT2D eigenvalue weighted by molar-refractivity contribution is 0.0693. The molecule has 5 nitrogen and oxygen atoms in total. The summed E-state index contributed by atoms with van der Waals surface area (Å²) < 4.78 is 1.43. The molecule has 0 aliphatic heterocycles. The van der Waals surface area contributed by atoms with Crippen LogP contribution in [-0.4, -0.2) is 15.6 Å². The van der Waals surface area contributed by atoms with Crippen molar-refractivity contribution >= 4 is 5.97 Å². The molecule has 102 valence electrons. The number of pyridine rings is 1. The second kappa shape index (κ2) is 5.27. The van der Waals surface area contributed by atoms with Gasteiger partial charge in [-0.3, -0.25) is 4.79 Å². The highest BCUT2D eigenvalue weighted by molar-refractivity contribution is 5.88. The summed E-state index contributed by atoms with van der Waals surface area (Å²) in [4.78, 5) is 23.3. The molecule has 19 heavy (non-hydrogen) atoms. The molecule has 0 fully saturated rings. The summed E-state index contributed by atoms with van der Waals surface area (Å²) >= 11 is 0. The number of nitriles is 1. The van der Waals surface area contributed by atoms with Gasteiger partial charge in [-0.15, -0.1) is 0 Å². The Morgan fingerprint density at radius 2 is 2.05 bits per heavy atom. The van der Waals surface area contributed by atoms with Crippen LogP contribution in [0.1, 0.15) is 41.9 Å². The van der Waals surface area contributed by atoms with Crippen LogP contribution < -0.4 is 5.56 Å². The Balaban J connectivity index is 3.24. The monoisotopic (exact) mass is 262 g/mol. The van der Waals surface area contributed by atoms with E-state index in [1.165, 1.54) is 4.57 Å². The first kappa shape index (κ1) is 15.0. The number of aryl methyl sites for hydroxylation is 2. The third-order valence-corrected chi connectivity index (χ3v) is 3.18. The summed E-state index contributed by atoms with van der Waals surface area (Å²) in [6.07, 6.45) is 0.492. The van der Waals surface area contributed by atoms with E-state index in [1.807, 2.05) is 0 Å². The number of carboxylic acids is 1. The SMILES string of the molecule is Cc1cc(C)n(CCC(C)(C)C#N)c(=O)c1C(=O)O. The molecule has 0 bridgehead atoms. The first-order valence-electron chi connectivity index (χ1n) is 6.05. The van der Waals surface area contributed by atoms with E-state index in [0.29, 0.717) is 24.2 Å². The Hall–Kier alpha value is -2.09. The highest BCUT2D eigenvalue weighted by atomic mass is 16.4. The largest absolute Gasteiger partial charge is 0.477 e. The highest BCUT2D eigenvalue weighted by Gasteiger charge is 2.20. The number of carbonyl (C=O) groups is 1. The standard InChI is InChI=1S/C14H18N2O3/c1-9-7-10(2)16(6-5-14(3,4)8-15)12(17)11(9)13(18)19/h7H,5-6H2,1-4H3,(H,18,19). The van der Waals surface area contributed by atoms with Gasteiger partial charge in [0.15, 0.2) is 0 Å². The van der Waals surface area contributed by atoms with Crippen molar-refractivity contribution in [3.8, 4) is 6.07 Å². The maximum atomic E-state index is 12.2. The van der Waals surface area contributed by atoms with E-state index >= 15 is 0 Å². The van der Waals surface area contributed by atoms with Crippen molar-refractivity contribution in [3.05, 3.63) is 33.2 Å². The lowest BCUT2D eigenvalue weighted by atomic mass is 9.91. The lowest BCUT2D eigenvalue weighted by Crippen LogP contribution is -2.30. The second-order valence-corrected chi connectivity index (χ2v) is 5.35. The first-order valence-corrected chi connectivity index (χ1v) is 6.05. The normalized spacial score (nSPS) is 11.1. The summed E-state index contributed by atoms with van der Waals surface area (Å²) in [5, 5.41) is 18.0. The molecule has 0 spiro atoms. The number of hydrogen-bond acceptors (Lipinski definition) is 3. The molecule has 0 aliphatic rings. The number of carboxylic acid groups (broad SMARTS) is 1. The molecule has 5 heteroatoms. The third kappa shape index (κ3) is 3.22. The van der Waals surface area contributed by atoms with E-state index in [4.69, 9.17) is 10.4 Å². The zero-order valence-electron chi connectivity index (χ0n) is 11.6. The summed E-state index contributed by atoms with van der Waals surface area (Å²) in [5.41, 5.74) is -0.0636. The van der Waals surface area contributed by atoms with Crippen LogP contribution in [0.4, 0.5) is 0 Å². The quantitative estimate of drug-likeness (QED) is 0.900. The van der Waals surface area contributed by atoms with Gasteiger partial charge < -0.3 is 9.67 Å². The minimum Gasteiger partial charge on any atom is -0.477 e. The smallest absolute Gasteiger partial charge is 0.341 e. The number of aromatic nitrogens is 1. The molecule has 1 N–H and O–H groups in total. The minimum absolute atomic E-state index is 0.194. The van der Waals surface area contributed by atoms with Crippen LogP contribution in [0.15, 0.2) is 10.9 Å². The molecule has 0 atom stereocenters. The average molecular weight is 262 g/mol. The Morgan fingerprint density at radius 3 is 2.53 bits per heavy atom. The van der Waals surface area contributed by atoms with Crippen molar-refractivity contribution in [2.45, 2.75) is 40.7 Å². The molecule has 1 aromatic rings. The fourth-order valence-corrected chi connectivity index (χ4v) is 1.91. The fourth-order valence-electron chi connectivity index (χ4n) is 1.91. The molecule has 1 aromatic heterocycles. The minimum atomic E-state index is -1.21. The van der Waals surface area contributed by atoms with E-state index in [2.05, 4.69) is 6.07 Å². The Bertz CT molecular complexity index is 606. The van der Waals surface area contributed by atoms with Gasteiger partial charge in [-0.1, -0.05) is 0 Å². The molecule has 0 aliphatic carbocycles. The predicted molar refractivity (Wildman–Crippen MR) is 71.1 cm³/mol. The van der Waals surface area contributed by atoms with Gasteiger partial charge in [0, 0.05) is 12.2 Å². The lowest BCUT2D eigenvalue weighted by Gasteiger charge is -2.18. The van der Waals surface area contributed by atoms with Crippen LogP contribution in [0.25, 0.3) is 0 Å². The van der Waals surface area contributed by atoms with Gasteiger partial charge in [0.05, 0.1) is 11.5 Å². The molecule has 0 amide bonds. The predicted octanol–water partition coefficient (Wildman–Crippen LogP) is 2.10. The van der Waals surface area contributed by atoms with Crippen LogP contribution >= 0.6 is 0 Å². The second-order valence-electron chi connectivity index (χ2n) is 5.35. The number of aromatic carboxylic acids is 1. The van der Waals surface area contributed by atoms with Crippen LogP contribution in [0, 0.1) is 30.6 Å². The highest BCUT2D eigenvalue weighted by Crippen LogP contribution is 2.19. The van der Waals surface area contributed by atoms with Crippen molar-refractivity contribution in [1.29, 1.82) is 5.26 Å². The van der Waals surface area contributed by atoms with E-state index in [-0.39, 0.29) is 5.56 Å². The average Bonchev–Trinajstić information content (AvgIpc) is 2.27. The zero-order valence-corrected chi connectivity index (χ0v) is 11.6. The van der Waals surface area contributed by atoms with Gasteiger partial charge >= 0.3 is 5.97 Å². The molecule has 1 rings (SSSR count). The topological polar surface area (TPSA) is 83.1 Å². The Labute approximate surface area is 112 Å². The van der Waals surface area contributed by atoms with Gasteiger partial charge in [0.25, 0.3) is 5.56 Å². The van der Waals surface area contributed by atoms with Gasteiger partial charge in [0.1, 0.15) is 5.56 Å². The maximum Gasteiger partial charge on any atom is 0.341 e. The van der Waals surface area contributed by atoms with Gasteiger partial charge in [-0.2, -0.15) is 5.26 Å². The Kier molecular flexibility index (Phi) is 4.15. The van der Waals surface area contributed by atoms with Crippen molar-refractivity contribution in [2.75, 3.05) is 0 Å². The van der Waals surface area contributed by atoms with Crippen LogP contribution in [-0.2, 0) is 6.54 Å². The molecular weight excluding hydrogens is 244 g/mol. The van der Waals surface area contributed by atoms with E-state index in [1.54, 1.807) is 33.8 Å². The summed E-state index contributed by atoms with van der Waals surface area (Å²) in [6, 6.07) is 3.85. The molecule has 1 heterocycles. The summed E-state index contributed by atoms with van der Waals surface area (Å²) in [6.45, 7) is 7.30. The third-order valence-electron chi connectivity index (χ3n) is 3.18. The molecule has 0 radical (unpaired) electrons. The number of rotatable bonds is 4. The van der Waals surface area contributed by atoms with Crippen LogP contribution in [0.2, 0.25) is 0 Å². The summed E-state index contributed by atoms with van der Waals surface area (Å²) in [5.74, 6) is -1.21. The molecule has 0 saturated carbocycles. The zero-order chi connectivity index (χ0) is 14.8. The van der Waals surface area contributed by atoms with Crippen molar-refractivity contribution in [1.82, 2.24) is 4.57 Å². The molecule has 0 aromatic carbocycles. The first-order chi connectivity index (χ1) is 8.69. The van der Waals surface area contributed by atoms with Crippen molar-refractivity contribution in [2.24, 2.45) is 5.41 Å². The van der Waals surface area contributed by atoms with Crippen molar-refractivity contribution < 1.29 is 9.90 Å². The van der Waals surface area contributed by atoms with E-state index in [0.717, 1.165) is 0 Å². The van der Waals surface area contributed by atoms with Crippen LogP contribution in [0.5, 0.6) is 0 Å². The number of nitrogens with zero attached hydrogens (tertiary/aromatic N) is 2. The summed E-state index contributed by atoms with van der Waals surface area (Å²) in [7, 11) is 0. The fraction of sp³-hybridized carbons (Fsp3) is 0.500. The van der Waals surface area contributed by atoms with E-state index in [9.17, 15) is 9.59 Å². The van der Waals surface area contributed by atoms with Crippen LogP contribution in [0.3, 0.4) is 0 Å². The van der Waals surface area contributed by atoms with Gasteiger partial charge in [-0.25, -0.2) is 4.79 Å². The molecular formula is C14H18N2O3. The molecule has 0 saturated heterocycles.